The fraction of sp³-hybridized carbons (Fsp3) is 0.188. The molecule has 6 aromatic carbocycles. The molecular formula is C48H40N4. The molecule has 2 aliphatic carbocycles. The van der Waals surface area contributed by atoms with Gasteiger partial charge in [-0.2, -0.15) is 0 Å². The Balaban J connectivity index is 1.01. The van der Waals surface area contributed by atoms with Crippen LogP contribution < -0.4 is 0 Å². The minimum absolute atomic E-state index is 0.737. The summed E-state index contributed by atoms with van der Waals surface area (Å²) in [6.07, 6.45) is 3.56. The number of para-hydroxylation sites is 3. The van der Waals surface area contributed by atoms with Crippen molar-refractivity contribution in [3.8, 4) is 50.7 Å². The summed E-state index contributed by atoms with van der Waals surface area (Å²) < 4.78 is 2.36. The molecule has 4 heteroatoms. The van der Waals surface area contributed by atoms with E-state index in [1.54, 1.807) is 5.56 Å². The molecule has 2 aliphatic rings. The number of aryl methyl sites for hydroxylation is 1. The predicted molar refractivity (Wildman–Crippen MR) is 213 cm³/mol. The summed E-state index contributed by atoms with van der Waals surface area (Å²) >= 11 is 0. The van der Waals surface area contributed by atoms with Crippen molar-refractivity contribution in [2.45, 2.75) is 39.0 Å². The summed E-state index contributed by atoms with van der Waals surface area (Å²) in [6.45, 7) is 4.71. The van der Waals surface area contributed by atoms with Gasteiger partial charge in [0.05, 0.1) is 33.5 Å². The number of fused-ring (bicyclic) bond motifs is 3. The van der Waals surface area contributed by atoms with E-state index in [4.69, 9.17) is 15.0 Å². The first-order valence-corrected chi connectivity index (χ1v) is 18.8. The van der Waals surface area contributed by atoms with Crippen LogP contribution >= 0.6 is 0 Å². The topological polar surface area (TPSA) is 43.6 Å². The van der Waals surface area contributed by atoms with E-state index in [-0.39, 0.29) is 0 Å². The third kappa shape index (κ3) is 5.24. The Bertz CT molecular complexity index is 2560. The first kappa shape index (κ1) is 30.9. The summed E-state index contributed by atoms with van der Waals surface area (Å²) in [5.41, 5.74) is 15.6. The Morgan fingerprint density at radius 2 is 1.08 bits per heavy atom. The van der Waals surface area contributed by atoms with Crippen LogP contribution in [0.25, 0.3) is 72.8 Å². The first-order chi connectivity index (χ1) is 25.7. The summed E-state index contributed by atoms with van der Waals surface area (Å²) in [7, 11) is 0. The lowest BCUT2D eigenvalue weighted by molar-refractivity contribution is 0.601. The number of aromatic nitrogens is 4. The van der Waals surface area contributed by atoms with Gasteiger partial charge in [0.15, 0.2) is 0 Å². The Hall–Kier alpha value is -5.87. The molecule has 252 valence electrons. The van der Waals surface area contributed by atoms with Crippen LogP contribution in [0.1, 0.15) is 43.7 Å². The van der Waals surface area contributed by atoms with Crippen LogP contribution in [0.4, 0.5) is 0 Å². The van der Waals surface area contributed by atoms with E-state index in [9.17, 15) is 0 Å². The molecule has 10 rings (SSSR count). The highest BCUT2D eigenvalue weighted by Gasteiger charge is 2.71. The lowest BCUT2D eigenvalue weighted by Gasteiger charge is -2.15. The van der Waals surface area contributed by atoms with Gasteiger partial charge in [-0.3, -0.25) is 4.57 Å². The quantitative estimate of drug-likeness (QED) is 0.153. The molecular weight excluding hydrogens is 633 g/mol. The van der Waals surface area contributed by atoms with Crippen LogP contribution in [0, 0.1) is 17.8 Å². The van der Waals surface area contributed by atoms with Crippen LogP contribution in [0.15, 0.2) is 146 Å². The lowest BCUT2D eigenvalue weighted by Crippen LogP contribution is -2.02. The SMILES string of the molecule is CCCCc1cc2c(cc1C1C3C(C)C13)nc(-c1ccc(-c3ccc(-c4nc5ccccc5nc4-c4ccccc4)cc3)cc1)n2-c1ccccc1. The van der Waals surface area contributed by atoms with Gasteiger partial charge >= 0.3 is 0 Å². The standard InChI is InChI=1S/C48H40N4/c1-3-4-13-36-28-42-41(29-38(36)45-43-30(2)44(43)45)51-48(52(42)37-16-9-6-10-17-37)35-26-22-32(23-27-35)31-20-24-34(25-21-31)47-46(33-14-7-5-8-15-33)49-39-18-11-12-19-40(39)50-47/h5-12,14-30,43-45H,3-4,13H2,1-2H3. The molecule has 0 aliphatic heterocycles. The molecule has 2 atom stereocenters. The number of hydrogen-bond donors (Lipinski definition) is 0. The number of nitrogens with zero attached hydrogens (tertiary/aromatic N) is 4. The van der Waals surface area contributed by atoms with Crippen LogP contribution in [0.2, 0.25) is 0 Å². The van der Waals surface area contributed by atoms with E-state index < -0.39 is 0 Å². The zero-order valence-corrected chi connectivity index (χ0v) is 29.6. The maximum atomic E-state index is 5.36. The van der Waals surface area contributed by atoms with Gasteiger partial charge in [0.1, 0.15) is 5.82 Å². The van der Waals surface area contributed by atoms with E-state index in [0.29, 0.717) is 0 Å². The minimum atomic E-state index is 0.737. The Labute approximate surface area is 304 Å². The summed E-state index contributed by atoms with van der Waals surface area (Å²) in [6, 6.07) is 51.7. The van der Waals surface area contributed by atoms with Crippen molar-refractivity contribution in [1.29, 1.82) is 0 Å². The largest absolute Gasteiger partial charge is 0.292 e. The predicted octanol–water partition coefficient (Wildman–Crippen LogP) is 12.0. The van der Waals surface area contributed by atoms with Gasteiger partial charge in [-0.25, -0.2) is 15.0 Å². The first-order valence-electron chi connectivity index (χ1n) is 18.8. The molecule has 0 bridgehead atoms. The van der Waals surface area contributed by atoms with Gasteiger partial charge in [0.25, 0.3) is 0 Å². The second kappa shape index (κ2) is 12.4. The molecule has 0 amide bonds. The van der Waals surface area contributed by atoms with Crippen molar-refractivity contribution in [2.75, 3.05) is 0 Å². The van der Waals surface area contributed by atoms with E-state index >= 15 is 0 Å². The number of imidazole rings is 1. The van der Waals surface area contributed by atoms with Crippen molar-refractivity contribution in [2.24, 2.45) is 17.8 Å². The van der Waals surface area contributed by atoms with Crippen molar-refractivity contribution >= 4 is 22.1 Å². The Morgan fingerprint density at radius 3 is 1.67 bits per heavy atom. The molecule has 8 aromatic rings. The Kier molecular flexibility index (Phi) is 7.38. The Morgan fingerprint density at radius 1 is 0.538 bits per heavy atom. The molecule has 2 heterocycles. The van der Waals surface area contributed by atoms with Gasteiger partial charge in [0, 0.05) is 22.4 Å². The van der Waals surface area contributed by atoms with Crippen LogP contribution in [0.3, 0.4) is 0 Å². The van der Waals surface area contributed by atoms with Crippen LogP contribution in [0.5, 0.6) is 0 Å². The van der Waals surface area contributed by atoms with Crippen molar-refractivity contribution in [3.63, 3.8) is 0 Å². The van der Waals surface area contributed by atoms with Gasteiger partial charge in [0.2, 0.25) is 0 Å². The van der Waals surface area contributed by atoms with E-state index in [0.717, 1.165) is 97.4 Å². The monoisotopic (exact) mass is 672 g/mol. The number of hydrogen-bond acceptors (Lipinski definition) is 3. The van der Waals surface area contributed by atoms with E-state index in [1.807, 2.05) is 30.3 Å². The van der Waals surface area contributed by atoms with Gasteiger partial charge in [-0.1, -0.05) is 129 Å². The fourth-order valence-corrected chi connectivity index (χ4v) is 8.55. The second-order valence-corrected chi connectivity index (χ2v) is 14.7. The maximum absolute atomic E-state index is 5.36. The molecule has 52 heavy (non-hydrogen) atoms. The fourth-order valence-electron chi connectivity index (χ4n) is 8.55. The highest BCUT2D eigenvalue weighted by Crippen LogP contribution is 2.77. The number of unbranched alkanes of at least 4 members (excludes halogenated alkanes) is 1. The third-order valence-corrected chi connectivity index (χ3v) is 11.5. The molecule has 0 saturated heterocycles. The average molecular weight is 673 g/mol. The van der Waals surface area contributed by atoms with Crippen LogP contribution in [-0.2, 0) is 6.42 Å². The summed E-state index contributed by atoms with van der Waals surface area (Å²) in [5.74, 6) is 4.40. The highest BCUT2D eigenvalue weighted by atomic mass is 15.1. The molecule has 0 N–H and O–H groups in total. The minimum Gasteiger partial charge on any atom is -0.292 e. The summed E-state index contributed by atoms with van der Waals surface area (Å²) in [5, 5.41) is 0. The zero-order chi connectivity index (χ0) is 34.8. The van der Waals surface area contributed by atoms with Crippen molar-refractivity contribution in [1.82, 2.24) is 19.5 Å². The zero-order valence-electron chi connectivity index (χ0n) is 29.6. The molecule has 2 fully saturated rings. The van der Waals surface area contributed by atoms with Crippen molar-refractivity contribution < 1.29 is 0 Å². The normalized spacial score (nSPS) is 18.8. The van der Waals surface area contributed by atoms with Gasteiger partial charge in [-0.15, -0.1) is 0 Å². The maximum Gasteiger partial charge on any atom is 0.145 e. The van der Waals surface area contributed by atoms with E-state index in [1.165, 1.54) is 23.9 Å². The van der Waals surface area contributed by atoms with Crippen molar-refractivity contribution in [3.05, 3.63) is 157 Å². The molecule has 0 radical (unpaired) electrons. The highest BCUT2D eigenvalue weighted by molar-refractivity contribution is 5.88. The third-order valence-electron chi connectivity index (χ3n) is 11.5. The molecule has 2 saturated carbocycles. The number of benzene rings is 6. The second-order valence-electron chi connectivity index (χ2n) is 14.7. The lowest BCUT2D eigenvalue weighted by atomic mass is 9.91. The molecule has 4 nitrogen and oxygen atoms in total. The van der Waals surface area contributed by atoms with E-state index in [2.05, 4.69) is 134 Å². The molecule has 0 spiro atoms. The smallest absolute Gasteiger partial charge is 0.145 e. The summed E-state index contributed by atoms with van der Waals surface area (Å²) in [4.78, 5) is 15.5. The number of rotatable bonds is 9. The molecule has 2 aromatic heterocycles. The molecule has 2 unspecified atom stereocenters. The average Bonchev–Trinajstić information content (AvgIpc) is 4.08. The van der Waals surface area contributed by atoms with Crippen LogP contribution in [-0.4, -0.2) is 19.5 Å². The van der Waals surface area contributed by atoms with Gasteiger partial charge < -0.3 is 0 Å². The van der Waals surface area contributed by atoms with Gasteiger partial charge in [-0.05, 0) is 95.2 Å².